The van der Waals surface area contributed by atoms with Crippen LogP contribution in [0.25, 0.3) is 0 Å². The summed E-state index contributed by atoms with van der Waals surface area (Å²) >= 11 is 0. The van der Waals surface area contributed by atoms with E-state index in [1.165, 1.54) is 0 Å². The highest BCUT2D eigenvalue weighted by Crippen LogP contribution is 2.28. The topological polar surface area (TPSA) is 141 Å². The summed E-state index contributed by atoms with van der Waals surface area (Å²) < 4.78 is 12.7. The van der Waals surface area contributed by atoms with E-state index in [4.69, 9.17) is 9.47 Å². The number of carbonyl (C=O) groups excluding carboxylic acids is 2. The summed E-state index contributed by atoms with van der Waals surface area (Å²) in [5.41, 5.74) is 2.00. The van der Waals surface area contributed by atoms with Crippen molar-refractivity contribution in [3.63, 3.8) is 0 Å². The predicted molar refractivity (Wildman–Crippen MR) is 174 cm³/mol. The Balaban J connectivity index is 1.88. The Kier molecular flexibility index (Phi) is 13.6. The molecule has 4 N–H and O–H groups in total. The number of ether oxygens (including phenoxy) is 2. The van der Waals surface area contributed by atoms with E-state index in [2.05, 4.69) is 15.5 Å². The van der Waals surface area contributed by atoms with Crippen molar-refractivity contribution in [3.05, 3.63) is 59.2 Å². The number of aliphatic hydroxyl groups is 1. The fraction of sp³-hybridized carbons (Fsp3) is 0.559. The molecule has 3 rings (SSSR count). The second-order valence-electron chi connectivity index (χ2n) is 12.5. The Hall–Kier alpha value is -3.67. The number of carboxylic acids is 1. The van der Waals surface area contributed by atoms with E-state index in [-0.39, 0.29) is 48.3 Å². The van der Waals surface area contributed by atoms with Crippen molar-refractivity contribution in [1.29, 1.82) is 0 Å². The number of hydrogen-bond donors (Lipinski definition) is 4. The molecule has 2 aromatic carbocycles. The molecule has 1 aliphatic rings. The average molecular weight is 627 g/mol. The third-order valence-electron chi connectivity index (χ3n) is 7.87. The van der Waals surface area contributed by atoms with Crippen molar-refractivity contribution in [3.8, 4) is 5.75 Å². The molecule has 0 aliphatic carbocycles. The largest absolute Gasteiger partial charge is 0.490 e. The second kappa shape index (κ2) is 17.1. The van der Waals surface area contributed by atoms with Gasteiger partial charge in [0.05, 0.1) is 36.0 Å². The van der Waals surface area contributed by atoms with Crippen molar-refractivity contribution >= 4 is 23.6 Å². The molecule has 1 heterocycles. The lowest BCUT2D eigenvalue weighted by Gasteiger charge is -2.36. The Labute approximate surface area is 266 Å². The molecule has 248 valence electrons. The molecule has 0 spiro atoms. The molecule has 45 heavy (non-hydrogen) atoms. The zero-order valence-electron chi connectivity index (χ0n) is 27.4. The summed E-state index contributed by atoms with van der Waals surface area (Å²) in [5.74, 6) is -0.922. The first-order valence-corrected chi connectivity index (χ1v) is 15.8. The predicted octanol–water partition coefficient (Wildman–Crippen LogP) is 4.84. The molecule has 0 saturated carbocycles. The first kappa shape index (κ1) is 35.8. The van der Waals surface area contributed by atoms with Crippen LogP contribution < -0.4 is 15.4 Å². The van der Waals surface area contributed by atoms with Gasteiger partial charge in [0.1, 0.15) is 5.75 Å². The first-order valence-electron chi connectivity index (χ1n) is 15.8. The molecule has 0 saturated heterocycles. The van der Waals surface area contributed by atoms with Crippen LogP contribution in [0.15, 0.2) is 42.5 Å². The van der Waals surface area contributed by atoms with Gasteiger partial charge in [-0.25, -0.2) is 9.59 Å². The third kappa shape index (κ3) is 11.0. The zero-order chi connectivity index (χ0) is 33.1. The van der Waals surface area contributed by atoms with Crippen LogP contribution >= 0.6 is 0 Å². The quantitative estimate of drug-likeness (QED) is 0.310. The van der Waals surface area contributed by atoms with Crippen molar-refractivity contribution in [2.24, 2.45) is 5.92 Å². The van der Waals surface area contributed by atoms with Crippen LogP contribution in [-0.4, -0.2) is 95.6 Å². The molecule has 0 unspecified atom stereocenters. The number of aromatic carboxylic acids is 1. The highest BCUT2D eigenvalue weighted by Gasteiger charge is 2.30. The highest BCUT2D eigenvalue weighted by molar-refractivity contribution is 5.99. The molecular formula is C34H50N4O7. The number of rotatable bonds is 9. The van der Waals surface area contributed by atoms with Crippen LogP contribution in [0, 0.1) is 5.92 Å². The Morgan fingerprint density at radius 2 is 1.80 bits per heavy atom. The number of carbonyl (C=O) groups is 3. The molecule has 0 fully saturated rings. The molecule has 2 aromatic rings. The van der Waals surface area contributed by atoms with Crippen LogP contribution in [0.2, 0.25) is 0 Å². The SMILES string of the molecule is CC(C)NC(=O)Nc1ccc2c(c1)C(=O)N([C@@H](C)CO)C[C@@H](C)[C@@H](CN(C)Cc1ccc(C(=O)O)cc1)OCCCC[C@@H](C)O2. The van der Waals surface area contributed by atoms with Gasteiger partial charge < -0.3 is 35.2 Å². The van der Waals surface area contributed by atoms with Crippen molar-refractivity contribution in [1.82, 2.24) is 15.1 Å². The van der Waals surface area contributed by atoms with Gasteiger partial charge in [0, 0.05) is 43.9 Å². The molecule has 3 amide bonds. The molecule has 4 atom stereocenters. The van der Waals surface area contributed by atoms with Crippen LogP contribution in [0.4, 0.5) is 10.5 Å². The normalized spacial score (nSPS) is 20.6. The van der Waals surface area contributed by atoms with E-state index in [1.54, 1.807) is 42.2 Å². The molecule has 0 aromatic heterocycles. The molecule has 0 bridgehead atoms. The van der Waals surface area contributed by atoms with Gasteiger partial charge in [-0.3, -0.25) is 9.69 Å². The van der Waals surface area contributed by atoms with Crippen LogP contribution in [0.3, 0.4) is 0 Å². The number of urea groups is 1. The number of nitrogens with zero attached hydrogens (tertiary/aromatic N) is 2. The number of fused-ring (bicyclic) bond motifs is 1. The zero-order valence-corrected chi connectivity index (χ0v) is 27.4. The van der Waals surface area contributed by atoms with Gasteiger partial charge >= 0.3 is 12.0 Å². The van der Waals surface area contributed by atoms with E-state index < -0.39 is 12.0 Å². The standard InChI is InChI=1S/C34H50N4O7/c1-22(2)35-34(43)36-28-14-15-30-29(17-28)32(40)38(24(4)21-39)18-23(3)31(44-16-8-7-9-25(5)45-30)20-37(6)19-26-10-12-27(13-11-26)33(41)42/h10-15,17,22-25,31,39H,7-9,16,18-21H2,1-6H3,(H,41,42)(H2,35,36,43)/t23-,24+,25-,31-/m1/s1. The smallest absolute Gasteiger partial charge is 0.335 e. The lowest BCUT2D eigenvalue weighted by Crippen LogP contribution is -2.47. The van der Waals surface area contributed by atoms with Crippen molar-refractivity contribution in [2.45, 2.75) is 84.7 Å². The number of anilines is 1. The van der Waals surface area contributed by atoms with E-state index in [0.717, 1.165) is 24.8 Å². The van der Waals surface area contributed by atoms with E-state index in [9.17, 15) is 24.6 Å². The molecule has 11 nitrogen and oxygen atoms in total. The first-order chi connectivity index (χ1) is 21.4. The van der Waals surface area contributed by atoms with Gasteiger partial charge in [-0.1, -0.05) is 19.1 Å². The van der Waals surface area contributed by atoms with Crippen LogP contribution in [0.5, 0.6) is 5.75 Å². The molecule has 1 aliphatic heterocycles. The number of hydrogen-bond acceptors (Lipinski definition) is 7. The number of aliphatic hydroxyl groups excluding tert-OH is 1. The number of carboxylic acid groups (broad SMARTS) is 1. The number of nitrogens with one attached hydrogen (secondary N) is 2. The van der Waals surface area contributed by atoms with Gasteiger partial charge in [-0.2, -0.15) is 0 Å². The van der Waals surface area contributed by atoms with Gasteiger partial charge in [0.2, 0.25) is 0 Å². The van der Waals surface area contributed by atoms with E-state index in [1.807, 2.05) is 46.9 Å². The summed E-state index contributed by atoms with van der Waals surface area (Å²) in [5, 5.41) is 25.0. The maximum Gasteiger partial charge on any atom is 0.335 e. The lowest BCUT2D eigenvalue weighted by atomic mass is 10.0. The maximum absolute atomic E-state index is 14.2. The average Bonchev–Trinajstić information content (AvgIpc) is 2.98. The highest BCUT2D eigenvalue weighted by atomic mass is 16.5. The summed E-state index contributed by atoms with van der Waals surface area (Å²) in [7, 11) is 1.99. The Morgan fingerprint density at radius 3 is 2.44 bits per heavy atom. The molecule has 11 heteroatoms. The Bertz CT molecular complexity index is 1270. The fourth-order valence-corrected chi connectivity index (χ4v) is 5.33. The molecular weight excluding hydrogens is 576 g/mol. The Morgan fingerprint density at radius 1 is 1.09 bits per heavy atom. The molecule has 0 radical (unpaired) electrons. The summed E-state index contributed by atoms with van der Waals surface area (Å²) in [6.45, 7) is 11.4. The van der Waals surface area contributed by atoms with E-state index >= 15 is 0 Å². The number of benzene rings is 2. The van der Waals surface area contributed by atoms with Gasteiger partial charge in [-0.05, 0) is 89.9 Å². The van der Waals surface area contributed by atoms with Gasteiger partial charge in [0.15, 0.2) is 0 Å². The number of amides is 3. The lowest BCUT2D eigenvalue weighted by molar-refractivity contribution is -0.0177. The second-order valence-corrected chi connectivity index (χ2v) is 12.5. The minimum Gasteiger partial charge on any atom is -0.490 e. The summed E-state index contributed by atoms with van der Waals surface area (Å²) in [4.78, 5) is 41.7. The monoisotopic (exact) mass is 626 g/mol. The van der Waals surface area contributed by atoms with Crippen molar-refractivity contribution < 1.29 is 34.1 Å². The minimum atomic E-state index is -0.958. The summed E-state index contributed by atoms with van der Waals surface area (Å²) in [6.07, 6.45) is 2.16. The van der Waals surface area contributed by atoms with Crippen LogP contribution in [-0.2, 0) is 11.3 Å². The third-order valence-corrected chi connectivity index (χ3v) is 7.87. The van der Waals surface area contributed by atoms with E-state index in [0.29, 0.717) is 43.2 Å². The number of likely N-dealkylation sites (N-methyl/N-ethyl adjacent to an activating group) is 1. The fourth-order valence-electron chi connectivity index (χ4n) is 5.33. The van der Waals surface area contributed by atoms with Gasteiger partial charge in [0.25, 0.3) is 5.91 Å². The van der Waals surface area contributed by atoms with Crippen molar-refractivity contribution in [2.75, 3.05) is 38.7 Å². The van der Waals surface area contributed by atoms with Gasteiger partial charge in [-0.15, -0.1) is 0 Å². The van der Waals surface area contributed by atoms with Crippen LogP contribution in [0.1, 0.15) is 80.2 Å². The maximum atomic E-state index is 14.2. The minimum absolute atomic E-state index is 0.0535. The summed E-state index contributed by atoms with van der Waals surface area (Å²) in [6, 6.07) is 11.0.